The maximum Gasteiger partial charge on any atom is 0.243 e. The molecule has 0 aromatic carbocycles. The van der Waals surface area contributed by atoms with Crippen molar-refractivity contribution in [1.29, 1.82) is 0 Å². The first-order chi connectivity index (χ1) is 11.6. The maximum absolute atomic E-state index is 11.9. The number of carbonyl (C=O) groups is 1. The molecule has 1 aliphatic heterocycles. The second-order valence-corrected chi connectivity index (χ2v) is 10.6. The van der Waals surface area contributed by atoms with Crippen molar-refractivity contribution < 1.29 is 9.90 Å². The number of rotatable bonds is 1. The third-order valence-electron chi connectivity index (χ3n) is 8.91. The fraction of sp³-hybridized carbons (Fsp3) is 0.864. The normalized spacial score (nSPS) is 52.2. The van der Waals surface area contributed by atoms with Crippen LogP contribution in [0.2, 0.25) is 0 Å². The third-order valence-corrected chi connectivity index (χ3v) is 8.91. The van der Waals surface area contributed by atoms with E-state index in [0.717, 1.165) is 12.8 Å². The van der Waals surface area contributed by atoms with Crippen LogP contribution in [0.5, 0.6) is 0 Å². The van der Waals surface area contributed by atoms with Crippen LogP contribution in [0.1, 0.15) is 66.7 Å². The van der Waals surface area contributed by atoms with E-state index in [1.165, 1.54) is 19.3 Å². The number of nitrogens with one attached hydrogen (secondary N) is 1. The first kappa shape index (κ1) is 17.6. The molecule has 4 aliphatic rings. The van der Waals surface area contributed by atoms with Gasteiger partial charge in [0, 0.05) is 11.5 Å². The molecule has 2 N–H and O–H groups in total. The van der Waals surface area contributed by atoms with E-state index in [-0.39, 0.29) is 22.8 Å². The van der Waals surface area contributed by atoms with Gasteiger partial charge in [-0.25, -0.2) is 0 Å². The van der Waals surface area contributed by atoms with Crippen LogP contribution in [-0.4, -0.2) is 22.7 Å². The summed E-state index contributed by atoms with van der Waals surface area (Å²) in [7, 11) is 0. The van der Waals surface area contributed by atoms with E-state index in [9.17, 15) is 9.90 Å². The molecule has 25 heavy (non-hydrogen) atoms. The molecule has 0 aromatic rings. The average molecular weight is 346 g/mol. The summed E-state index contributed by atoms with van der Waals surface area (Å²) in [6, 6.07) is 0.289. The van der Waals surface area contributed by atoms with E-state index in [0.29, 0.717) is 29.6 Å². The molecule has 0 aromatic heterocycles. The summed E-state index contributed by atoms with van der Waals surface area (Å²) >= 11 is 0. The molecule has 3 nitrogen and oxygen atoms in total. The van der Waals surface area contributed by atoms with Crippen LogP contribution >= 0.6 is 0 Å². The summed E-state index contributed by atoms with van der Waals surface area (Å²) in [5.41, 5.74) is -0.225. The molecule has 140 valence electrons. The van der Waals surface area contributed by atoms with Gasteiger partial charge in [0.25, 0.3) is 0 Å². The Morgan fingerprint density at radius 3 is 2.60 bits per heavy atom. The van der Waals surface area contributed by atoms with Crippen molar-refractivity contribution in [3.05, 3.63) is 12.2 Å². The minimum atomic E-state index is -0.584. The molecular formula is C22H35NO2. The van der Waals surface area contributed by atoms with E-state index >= 15 is 0 Å². The molecule has 2 unspecified atom stereocenters. The first-order valence-electron chi connectivity index (χ1n) is 10.3. The van der Waals surface area contributed by atoms with E-state index in [4.69, 9.17) is 0 Å². The van der Waals surface area contributed by atoms with Crippen LogP contribution in [-0.2, 0) is 4.79 Å². The van der Waals surface area contributed by atoms with Gasteiger partial charge in [-0.15, -0.1) is 0 Å². The molecule has 0 bridgehead atoms. The highest BCUT2D eigenvalue weighted by Gasteiger charge is 2.62. The molecule has 3 heteroatoms. The number of hydrogen-bond acceptors (Lipinski definition) is 2. The second-order valence-electron chi connectivity index (χ2n) is 10.6. The zero-order valence-electron chi connectivity index (χ0n) is 16.5. The maximum atomic E-state index is 11.9. The highest BCUT2D eigenvalue weighted by Crippen LogP contribution is 2.67. The Bertz CT molecular complexity index is 606. The van der Waals surface area contributed by atoms with Crippen LogP contribution in [0.15, 0.2) is 12.2 Å². The summed E-state index contributed by atoms with van der Waals surface area (Å²) in [4.78, 5) is 11.9. The highest BCUT2D eigenvalue weighted by molar-refractivity contribution is 5.89. The van der Waals surface area contributed by atoms with Gasteiger partial charge in [0.2, 0.25) is 5.91 Å². The fourth-order valence-corrected chi connectivity index (χ4v) is 7.84. The molecule has 1 amide bonds. The van der Waals surface area contributed by atoms with Crippen molar-refractivity contribution in [2.45, 2.75) is 78.4 Å². The van der Waals surface area contributed by atoms with Crippen LogP contribution in [0.4, 0.5) is 0 Å². The smallest absolute Gasteiger partial charge is 0.243 e. The lowest BCUT2D eigenvalue weighted by Crippen LogP contribution is -2.62. The Labute approximate surface area is 152 Å². The van der Waals surface area contributed by atoms with E-state index in [1.807, 2.05) is 13.8 Å². The molecule has 0 radical (unpaired) electrons. The zero-order valence-corrected chi connectivity index (χ0v) is 16.5. The number of aliphatic hydroxyl groups is 1. The Morgan fingerprint density at radius 2 is 1.92 bits per heavy atom. The first-order valence-corrected chi connectivity index (χ1v) is 10.3. The Balaban J connectivity index is 1.70. The second kappa shape index (κ2) is 5.34. The number of fused-ring (bicyclic) bond motifs is 5. The third kappa shape index (κ3) is 2.37. The van der Waals surface area contributed by atoms with Gasteiger partial charge in [-0.3, -0.25) is 4.79 Å². The van der Waals surface area contributed by atoms with Gasteiger partial charge >= 0.3 is 0 Å². The minimum absolute atomic E-state index is 0.0803. The Morgan fingerprint density at radius 1 is 1.20 bits per heavy atom. The van der Waals surface area contributed by atoms with Crippen LogP contribution in [0.3, 0.4) is 0 Å². The van der Waals surface area contributed by atoms with Crippen molar-refractivity contribution in [1.82, 2.24) is 5.32 Å². The van der Waals surface area contributed by atoms with Gasteiger partial charge < -0.3 is 10.4 Å². The van der Waals surface area contributed by atoms with Gasteiger partial charge in [-0.05, 0) is 87.0 Å². The monoisotopic (exact) mass is 345 g/mol. The highest BCUT2D eigenvalue weighted by atomic mass is 16.3. The van der Waals surface area contributed by atoms with Gasteiger partial charge in [0.05, 0.1) is 5.60 Å². The lowest BCUT2D eigenvalue weighted by atomic mass is 9.45. The zero-order chi connectivity index (χ0) is 18.2. The molecule has 0 spiro atoms. The van der Waals surface area contributed by atoms with Crippen LogP contribution in [0, 0.1) is 40.4 Å². The summed E-state index contributed by atoms with van der Waals surface area (Å²) in [6.07, 6.45) is 9.94. The lowest BCUT2D eigenvalue weighted by molar-refractivity contribution is -0.132. The summed E-state index contributed by atoms with van der Waals surface area (Å²) < 4.78 is 0. The van der Waals surface area contributed by atoms with E-state index in [1.54, 1.807) is 6.08 Å². The van der Waals surface area contributed by atoms with Crippen molar-refractivity contribution in [3.63, 3.8) is 0 Å². The molecule has 3 saturated carbocycles. The number of amides is 1. The van der Waals surface area contributed by atoms with Crippen molar-refractivity contribution in [3.8, 4) is 0 Å². The number of carbonyl (C=O) groups excluding carboxylic acids is 1. The van der Waals surface area contributed by atoms with Gasteiger partial charge in [-0.2, -0.15) is 0 Å². The van der Waals surface area contributed by atoms with Crippen molar-refractivity contribution in [2.75, 3.05) is 0 Å². The van der Waals surface area contributed by atoms with E-state index < -0.39 is 5.60 Å². The van der Waals surface area contributed by atoms with Crippen LogP contribution < -0.4 is 5.32 Å². The fourth-order valence-electron chi connectivity index (χ4n) is 7.84. The molecule has 3 fully saturated rings. The van der Waals surface area contributed by atoms with Gasteiger partial charge in [0.1, 0.15) is 0 Å². The molecule has 0 saturated heterocycles. The van der Waals surface area contributed by atoms with Gasteiger partial charge in [0.15, 0.2) is 0 Å². The topological polar surface area (TPSA) is 49.3 Å². The molecule has 3 aliphatic carbocycles. The Hall–Kier alpha value is -0.830. The minimum Gasteiger partial charge on any atom is -0.390 e. The summed E-state index contributed by atoms with van der Waals surface area (Å²) in [6.45, 7) is 11.3. The summed E-state index contributed by atoms with van der Waals surface area (Å²) in [5, 5.41) is 14.1. The SMILES string of the molecule is CC1CC2NC(=O)C=C[C@]2(C)[C@H]2CC[C@]3(C)[C@@H](C(C)(C)O)CC[C@H]3[C@H]12. The van der Waals surface area contributed by atoms with Gasteiger partial charge in [-0.1, -0.05) is 26.8 Å². The van der Waals surface area contributed by atoms with Crippen molar-refractivity contribution >= 4 is 5.91 Å². The standard InChI is InChI=1S/C22H35NO2/c1-13-12-17-22(5,11-9-18(24)23-17)15-8-10-21(4)14(19(13)15)6-7-16(21)20(2,3)25/h9,11,13-17,19,25H,6-8,10,12H2,1-5H3,(H,23,24)/t13?,14-,15-,16+,17?,19-,21-,22+/m0/s1. The largest absolute Gasteiger partial charge is 0.390 e. The predicted molar refractivity (Wildman–Crippen MR) is 99.8 cm³/mol. The summed E-state index contributed by atoms with van der Waals surface area (Å²) in [5.74, 6) is 3.20. The average Bonchev–Trinajstić information content (AvgIpc) is 2.86. The molecular weight excluding hydrogens is 310 g/mol. The van der Waals surface area contributed by atoms with Crippen molar-refractivity contribution in [2.24, 2.45) is 40.4 Å². The quantitative estimate of drug-likeness (QED) is 0.757. The Kier molecular flexibility index (Phi) is 3.76. The number of hydrogen-bond donors (Lipinski definition) is 2. The lowest BCUT2D eigenvalue weighted by Gasteiger charge is -2.61. The predicted octanol–water partition coefficient (Wildman–Crippen LogP) is 3.92. The molecule has 8 atom stereocenters. The molecule has 4 rings (SSSR count). The van der Waals surface area contributed by atoms with Crippen LogP contribution in [0.25, 0.3) is 0 Å². The van der Waals surface area contributed by atoms with E-state index in [2.05, 4.69) is 32.2 Å². The molecule has 1 heterocycles.